The van der Waals surface area contributed by atoms with Crippen molar-refractivity contribution in [3.05, 3.63) is 83.4 Å². The average Bonchev–Trinajstić information content (AvgIpc) is 3.23. The maximum atomic E-state index is 14.0. The molecule has 0 radical (unpaired) electrons. The highest BCUT2D eigenvalue weighted by atomic mass is 19.4. The second-order valence-corrected chi connectivity index (χ2v) is 7.76. The predicted molar refractivity (Wildman–Crippen MR) is 109 cm³/mol. The molecule has 3 aromatic rings. The van der Waals surface area contributed by atoms with Crippen molar-refractivity contribution in [1.82, 2.24) is 10.6 Å². The Labute approximate surface area is 185 Å². The maximum Gasteiger partial charge on any atom is 0.437 e. The number of amides is 2. The van der Waals surface area contributed by atoms with Crippen molar-refractivity contribution in [2.24, 2.45) is 5.92 Å². The van der Waals surface area contributed by atoms with Crippen LogP contribution in [0.1, 0.15) is 27.7 Å². The van der Waals surface area contributed by atoms with E-state index in [1.807, 2.05) is 0 Å². The lowest BCUT2D eigenvalue weighted by molar-refractivity contribution is -0.288. The number of ketones is 1. The second-order valence-electron chi connectivity index (χ2n) is 7.76. The van der Waals surface area contributed by atoms with Crippen molar-refractivity contribution < 1.29 is 36.7 Å². The molecule has 1 saturated heterocycles. The van der Waals surface area contributed by atoms with E-state index in [1.165, 1.54) is 47.8 Å². The summed E-state index contributed by atoms with van der Waals surface area (Å²) in [5, 5.41) is 14.3. The lowest BCUT2D eigenvalue weighted by Gasteiger charge is -2.44. The number of furan rings is 1. The van der Waals surface area contributed by atoms with Crippen molar-refractivity contribution >= 4 is 11.8 Å². The first kappa shape index (κ1) is 22.5. The Morgan fingerprint density at radius 2 is 1.79 bits per heavy atom. The van der Waals surface area contributed by atoms with Crippen LogP contribution < -0.4 is 10.6 Å². The second kappa shape index (κ2) is 8.04. The molecule has 0 spiro atoms. The molecule has 1 aliphatic rings. The summed E-state index contributed by atoms with van der Waals surface area (Å²) in [7, 11) is 0. The highest BCUT2D eigenvalue weighted by Gasteiger charge is 2.66. The highest BCUT2D eigenvalue weighted by Crippen LogP contribution is 2.44. The third-order valence-electron chi connectivity index (χ3n) is 5.47. The van der Waals surface area contributed by atoms with Crippen molar-refractivity contribution in [2.45, 2.75) is 24.9 Å². The number of nitrogens with one attached hydrogen (secondary N) is 2. The molecule has 33 heavy (non-hydrogen) atoms. The van der Waals surface area contributed by atoms with Crippen LogP contribution >= 0.6 is 0 Å². The van der Waals surface area contributed by atoms with E-state index < -0.39 is 41.5 Å². The van der Waals surface area contributed by atoms with E-state index in [2.05, 4.69) is 5.32 Å². The maximum absolute atomic E-state index is 14.0. The van der Waals surface area contributed by atoms with E-state index in [0.29, 0.717) is 5.56 Å². The standard InChI is InChI=1S/C23H18F4N2O4/c1-12-5-7-13(8-6-12)20(30)18-19(28-21(31)29-22(18,32)23(25,26)27)17-10-9-16(33-17)14-3-2-4-15(24)11-14/h2-11,18-19,32H,1H3,(H2,28,29,31). The molecule has 0 bridgehead atoms. The Hall–Kier alpha value is -3.66. The van der Waals surface area contributed by atoms with Gasteiger partial charge in [0.2, 0.25) is 5.72 Å². The molecule has 3 N–H and O–H groups in total. The summed E-state index contributed by atoms with van der Waals surface area (Å²) in [6.45, 7) is 1.74. The molecular formula is C23H18F4N2O4. The van der Waals surface area contributed by atoms with Gasteiger partial charge < -0.3 is 20.2 Å². The van der Waals surface area contributed by atoms with E-state index in [0.717, 1.165) is 11.6 Å². The van der Waals surface area contributed by atoms with Gasteiger partial charge in [-0.2, -0.15) is 13.2 Å². The van der Waals surface area contributed by atoms with Crippen LogP contribution in [-0.4, -0.2) is 28.8 Å². The van der Waals surface area contributed by atoms with Crippen LogP contribution in [0.3, 0.4) is 0 Å². The number of alkyl halides is 3. The normalized spacial score (nSPS) is 23.0. The van der Waals surface area contributed by atoms with Gasteiger partial charge in [-0.3, -0.25) is 4.79 Å². The largest absolute Gasteiger partial charge is 0.459 e. The fourth-order valence-corrected chi connectivity index (χ4v) is 3.79. The zero-order chi connectivity index (χ0) is 24.0. The fraction of sp³-hybridized carbons (Fsp3) is 0.217. The summed E-state index contributed by atoms with van der Waals surface area (Å²) in [6, 6.07) is 10.7. The van der Waals surface area contributed by atoms with Crippen LogP contribution in [-0.2, 0) is 0 Å². The quantitative estimate of drug-likeness (QED) is 0.393. The molecule has 3 unspecified atom stereocenters. The lowest BCUT2D eigenvalue weighted by atomic mass is 9.79. The summed E-state index contributed by atoms with van der Waals surface area (Å²) in [5.74, 6) is -3.94. The van der Waals surface area contributed by atoms with Crippen LogP contribution in [0.5, 0.6) is 0 Å². The van der Waals surface area contributed by atoms with Gasteiger partial charge in [-0.15, -0.1) is 0 Å². The molecule has 0 aliphatic carbocycles. The molecule has 1 aliphatic heterocycles. The summed E-state index contributed by atoms with van der Waals surface area (Å²) in [6.07, 6.45) is -5.38. The topological polar surface area (TPSA) is 91.6 Å². The minimum absolute atomic E-state index is 0.0897. The van der Waals surface area contributed by atoms with Gasteiger partial charge in [-0.05, 0) is 31.2 Å². The smallest absolute Gasteiger partial charge is 0.437 e. The van der Waals surface area contributed by atoms with Gasteiger partial charge in [-0.25, -0.2) is 9.18 Å². The number of urea groups is 1. The monoisotopic (exact) mass is 462 g/mol. The molecule has 4 rings (SSSR count). The number of hydrogen-bond acceptors (Lipinski definition) is 4. The third kappa shape index (κ3) is 4.09. The zero-order valence-electron chi connectivity index (χ0n) is 17.1. The zero-order valence-corrected chi connectivity index (χ0v) is 17.1. The highest BCUT2D eigenvalue weighted by molar-refractivity contribution is 6.00. The van der Waals surface area contributed by atoms with Crippen molar-refractivity contribution in [2.75, 3.05) is 0 Å². The summed E-state index contributed by atoms with van der Waals surface area (Å²) < 4.78 is 61.1. The molecular weight excluding hydrogens is 444 g/mol. The molecule has 172 valence electrons. The van der Waals surface area contributed by atoms with Gasteiger partial charge in [0.1, 0.15) is 29.3 Å². The number of hydrogen-bond donors (Lipinski definition) is 3. The Morgan fingerprint density at radius 3 is 2.42 bits per heavy atom. The number of aryl methyl sites for hydroxylation is 1. The van der Waals surface area contributed by atoms with Gasteiger partial charge in [0.25, 0.3) is 0 Å². The minimum Gasteiger partial charge on any atom is -0.459 e. The molecule has 2 aromatic carbocycles. The molecule has 0 saturated carbocycles. The third-order valence-corrected chi connectivity index (χ3v) is 5.47. The first-order chi connectivity index (χ1) is 15.5. The van der Waals surface area contributed by atoms with Crippen LogP contribution in [0, 0.1) is 18.7 Å². The number of halogens is 4. The molecule has 10 heteroatoms. The summed E-state index contributed by atoms with van der Waals surface area (Å²) in [5.41, 5.74) is -2.88. The van der Waals surface area contributed by atoms with Crippen LogP contribution in [0.4, 0.5) is 22.4 Å². The van der Waals surface area contributed by atoms with Crippen LogP contribution in [0.15, 0.2) is 65.1 Å². The number of aliphatic hydroxyl groups is 1. The van der Waals surface area contributed by atoms with E-state index in [-0.39, 0.29) is 17.1 Å². The Kier molecular flexibility index (Phi) is 5.49. The molecule has 6 nitrogen and oxygen atoms in total. The number of carbonyl (C=O) groups is 2. The van der Waals surface area contributed by atoms with Crippen molar-refractivity contribution in [3.8, 4) is 11.3 Å². The first-order valence-electron chi connectivity index (χ1n) is 9.84. The summed E-state index contributed by atoms with van der Waals surface area (Å²) >= 11 is 0. The minimum atomic E-state index is -5.38. The lowest BCUT2D eigenvalue weighted by Crippen LogP contribution is -2.72. The van der Waals surface area contributed by atoms with Gasteiger partial charge in [0.05, 0.1) is 0 Å². The van der Waals surface area contributed by atoms with E-state index in [4.69, 9.17) is 4.42 Å². The molecule has 3 atom stereocenters. The predicted octanol–water partition coefficient (Wildman–Crippen LogP) is 4.50. The summed E-state index contributed by atoms with van der Waals surface area (Å²) in [4.78, 5) is 25.3. The number of rotatable bonds is 4. The van der Waals surface area contributed by atoms with Crippen LogP contribution in [0.25, 0.3) is 11.3 Å². The number of Topliss-reactive ketones (excluding diaryl/α,β-unsaturated/α-hetero) is 1. The van der Waals surface area contributed by atoms with E-state index in [1.54, 1.807) is 19.1 Å². The molecule has 2 heterocycles. The van der Waals surface area contributed by atoms with Gasteiger partial charge in [0.15, 0.2) is 5.78 Å². The Bertz CT molecular complexity index is 1210. The average molecular weight is 462 g/mol. The first-order valence-corrected chi connectivity index (χ1v) is 9.84. The van der Waals surface area contributed by atoms with Crippen molar-refractivity contribution in [3.63, 3.8) is 0 Å². The molecule has 1 aromatic heterocycles. The molecule has 1 fully saturated rings. The van der Waals surface area contributed by atoms with E-state index in [9.17, 15) is 32.3 Å². The van der Waals surface area contributed by atoms with Crippen molar-refractivity contribution in [1.29, 1.82) is 0 Å². The Balaban J connectivity index is 1.81. The fourth-order valence-electron chi connectivity index (χ4n) is 3.79. The van der Waals surface area contributed by atoms with Gasteiger partial charge in [-0.1, -0.05) is 42.0 Å². The number of carbonyl (C=O) groups excluding carboxylic acids is 2. The van der Waals surface area contributed by atoms with Crippen LogP contribution in [0.2, 0.25) is 0 Å². The molecule has 2 amide bonds. The number of benzene rings is 2. The van der Waals surface area contributed by atoms with E-state index >= 15 is 0 Å². The van der Waals surface area contributed by atoms with Gasteiger partial charge >= 0.3 is 12.2 Å². The Morgan fingerprint density at radius 1 is 1.09 bits per heavy atom. The SMILES string of the molecule is Cc1ccc(C(=O)C2C(c3ccc(-c4cccc(F)c4)o3)NC(=O)NC2(O)C(F)(F)F)cc1. The van der Waals surface area contributed by atoms with Gasteiger partial charge in [0, 0.05) is 11.1 Å².